The number of hydrogen-bond donors (Lipinski definition) is 1. The van der Waals surface area contributed by atoms with Gasteiger partial charge in [0.1, 0.15) is 0 Å². The molecule has 1 unspecified atom stereocenters. The van der Waals surface area contributed by atoms with E-state index in [-0.39, 0.29) is 0 Å². The van der Waals surface area contributed by atoms with Crippen LogP contribution in [0.25, 0.3) is 0 Å². The summed E-state index contributed by atoms with van der Waals surface area (Å²) >= 11 is 0. The van der Waals surface area contributed by atoms with Gasteiger partial charge in [-0.25, -0.2) is 0 Å². The second-order valence-corrected chi connectivity index (χ2v) is 4.75. The van der Waals surface area contributed by atoms with Gasteiger partial charge in [0.05, 0.1) is 0 Å². The minimum absolute atomic E-state index is 0.496. The van der Waals surface area contributed by atoms with E-state index in [9.17, 15) is 0 Å². The predicted octanol–water partition coefficient (Wildman–Crippen LogP) is 3.73. The molecule has 1 aromatic rings. The lowest BCUT2D eigenvalue weighted by Gasteiger charge is -2.11. The monoisotopic (exact) mass is 217 g/mol. The van der Waals surface area contributed by atoms with Crippen LogP contribution in [0.4, 0.5) is 0 Å². The molecule has 0 radical (unpaired) electrons. The molecular weight excluding hydrogens is 194 g/mol. The van der Waals surface area contributed by atoms with Gasteiger partial charge in [-0.15, -0.1) is 0 Å². The maximum Gasteiger partial charge on any atom is 0.0164 e. The minimum atomic E-state index is 0.496. The van der Waals surface area contributed by atoms with Gasteiger partial charge in [0.15, 0.2) is 0 Å². The Balaban J connectivity index is 2.55. The van der Waals surface area contributed by atoms with Gasteiger partial charge < -0.3 is 5.32 Å². The quantitative estimate of drug-likeness (QED) is 0.741. The van der Waals surface area contributed by atoms with Crippen molar-refractivity contribution >= 4 is 0 Å². The molecule has 1 nitrogen and oxygen atoms in total. The zero-order valence-electron chi connectivity index (χ0n) is 10.8. The third kappa shape index (κ3) is 4.63. The van der Waals surface area contributed by atoms with E-state index in [2.05, 4.69) is 69.4 Å². The lowest BCUT2D eigenvalue weighted by atomic mass is 9.99. The molecule has 0 amide bonds. The van der Waals surface area contributed by atoms with Gasteiger partial charge in [-0.05, 0) is 18.4 Å². The maximum absolute atomic E-state index is 3.43. The van der Waals surface area contributed by atoms with Crippen LogP contribution in [-0.4, -0.2) is 12.6 Å². The second kappa shape index (κ2) is 6.49. The van der Waals surface area contributed by atoms with E-state index in [1.807, 2.05) is 0 Å². The Bertz CT molecular complexity index is 325. The van der Waals surface area contributed by atoms with E-state index < -0.39 is 0 Å². The Morgan fingerprint density at radius 3 is 2.38 bits per heavy atom. The molecule has 0 aliphatic carbocycles. The normalized spacial score (nSPS) is 14.2. The minimum Gasteiger partial charge on any atom is -0.311 e. The van der Waals surface area contributed by atoms with Crippen LogP contribution in [0.3, 0.4) is 0 Å². The highest BCUT2D eigenvalue weighted by atomic mass is 14.9. The largest absolute Gasteiger partial charge is 0.311 e. The van der Waals surface area contributed by atoms with E-state index in [1.54, 1.807) is 0 Å². The van der Waals surface area contributed by atoms with Crippen molar-refractivity contribution in [1.29, 1.82) is 0 Å². The van der Waals surface area contributed by atoms with Crippen LogP contribution in [0.5, 0.6) is 0 Å². The third-order valence-corrected chi connectivity index (χ3v) is 2.65. The smallest absolute Gasteiger partial charge is 0.0164 e. The first-order chi connectivity index (χ1) is 7.59. The molecule has 0 aromatic heterocycles. The molecule has 0 saturated heterocycles. The summed E-state index contributed by atoms with van der Waals surface area (Å²) in [6.45, 7) is 9.76. The molecule has 1 atom stereocenters. The highest BCUT2D eigenvalue weighted by Crippen LogP contribution is 2.17. The van der Waals surface area contributed by atoms with Crippen LogP contribution in [0.2, 0.25) is 0 Å². The molecule has 0 aliphatic rings. The number of nitrogens with one attached hydrogen (secondary N) is 1. The molecule has 0 bridgehead atoms. The molecule has 0 heterocycles. The van der Waals surface area contributed by atoms with Gasteiger partial charge in [0.2, 0.25) is 0 Å². The molecular formula is C15H23N. The van der Waals surface area contributed by atoms with Crippen molar-refractivity contribution in [2.75, 3.05) is 6.54 Å². The van der Waals surface area contributed by atoms with Crippen molar-refractivity contribution in [2.45, 2.75) is 39.7 Å². The molecule has 0 saturated carbocycles. The fourth-order valence-corrected chi connectivity index (χ4v) is 1.70. The summed E-state index contributed by atoms with van der Waals surface area (Å²) in [6.07, 6.45) is 2.34. The number of rotatable bonds is 5. The van der Waals surface area contributed by atoms with Crippen LogP contribution in [0, 0.1) is 0 Å². The Labute approximate surface area is 99.6 Å². The molecule has 88 valence electrons. The van der Waals surface area contributed by atoms with Crippen LogP contribution in [0.15, 0.2) is 42.0 Å². The number of allylic oxidation sites excluding steroid dienone is 1. The highest BCUT2D eigenvalue weighted by molar-refractivity contribution is 5.24. The van der Waals surface area contributed by atoms with Crippen molar-refractivity contribution in [3.63, 3.8) is 0 Å². The van der Waals surface area contributed by atoms with Gasteiger partial charge >= 0.3 is 0 Å². The fraction of sp³-hybridized carbons (Fsp3) is 0.467. The molecule has 1 aromatic carbocycles. The summed E-state index contributed by atoms with van der Waals surface area (Å²) in [5.41, 5.74) is 2.79. The van der Waals surface area contributed by atoms with E-state index in [0.29, 0.717) is 12.0 Å². The van der Waals surface area contributed by atoms with Crippen LogP contribution < -0.4 is 5.32 Å². The first kappa shape index (κ1) is 13.0. The summed E-state index contributed by atoms with van der Waals surface area (Å²) in [5.74, 6) is 0.496. The first-order valence-corrected chi connectivity index (χ1v) is 6.05. The average Bonchev–Trinajstić information content (AvgIpc) is 2.27. The van der Waals surface area contributed by atoms with E-state index in [0.717, 1.165) is 6.54 Å². The lowest BCUT2D eigenvalue weighted by molar-refractivity contribution is 0.620. The highest BCUT2D eigenvalue weighted by Gasteiger charge is 2.01. The maximum atomic E-state index is 3.43. The zero-order valence-corrected chi connectivity index (χ0v) is 10.8. The van der Waals surface area contributed by atoms with E-state index in [1.165, 1.54) is 11.1 Å². The van der Waals surface area contributed by atoms with Crippen LogP contribution in [0.1, 0.15) is 39.2 Å². The topological polar surface area (TPSA) is 12.0 Å². The van der Waals surface area contributed by atoms with Crippen LogP contribution in [-0.2, 0) is 0 Å². The standard InChI is InChI=1S/C15H23N/c1-12(2)16-11-13(3)10-14(4)15-8-6-5-7-9-15/h5-10,12,14,16H,11H2,1-4H3/b13-10+. The lowest BCUT2D eigenvalue weighted by Crippen LogP contribution is -2.24. The van der Waals surface area contributed by atoms with Crippen molar-refractivity contribution in [1.82, 2.24) is 5.32 Å². The third-order valence-electron chi connectivity index (χ3n) is 2.65. The van der Waals surface area contributed by atoms with Crippen molar-refractivity contribution in [3.05, 3.63) is 47.5 Å². The summed E-state index contributed by atoms with van der Waals surface area (Å²) in [6, 6.07) is 11.2. The SMILES string of the molecule is C/C(=C\C(C)c1ccccc1)CNC(C)C. The average molecular weight is 217 g/mol. The number of hydrogen-bond acceptors (Lipinski definition) is 1. The van der Waals surface area contributed by atoms with Crippen LogP contribution >= 0.6 is 0 Å². The van der Waals surface area contributed by atoms with Gasteiger partial charge in [0, 0.05) is 12.6 Å². The van der Waals surface area contributed by atoms with Crippen molar-refractivity contribution in [2.24, 2.45) is 0 Å². The predicted molar refractivity (Wildman–Crippen MR) is 71.8 cm³/mol. The Kier molecular flexibility index (Phi) is 5.27. The second-order valence-electron chi connectivity index (χ2n) is 4.75. The van der Waals surface area contributed by atoms with Crippen molar-refractivity contribution < 1.29 is 0 Å². The number of benzene rings is 1. The summed E-state index contributed by atoms with van der Waals surface area (Å²) in [7, 11) is 0. The Hall–Kier alpha value is -1.08. The zero-order chi connectivity index (χ0) is 12.0. The van der Waals surface area contributed by atoms with Gasteiger partial charge in [-0.2, -0.15) is 0 Å². The molecule has 0 aliphatic heterocycles. The molecule has 1 rings (SSSR count). The molecule has 0 fully saturated rings. The summed E-state index contributed by atoms with van der Waals surface area (Å²) in [5, 5.41) is 3.43. The van der Waals surface area contributed by atoms with E-state index in [4.69, 9.17) is 0 Å². The Morgan fingerprint density at radius 1 is 1.19 bits per heavy atom. The van der Waals surface area contributed by atoms with Gasteiger partial charge in [-0.3, -0.25) is 0 Å². The first-order valence-electron chi connectivity index (χ1n) is 6.05. The van der Waals surface area contributed by atoms with E-state index >= 15 is 0 Å². The summed E-state index contributed by atoms with van der Waals surface area (Å²) in [4.78, 5) is 0. The summed E-state index contributed by atoms with van der Waals surface area (Å²) < 4.78 is 0. The molecule has 0 spiro atoms. The fourth-order valence-electron chi connectivity index (χ4n) is 1.70. The Morgan fingerprint density at radius 2 is 1.81 bits per heavy atom. The molecule has 16 heavy (non-hydrogen) atoms. The molecule has 1 N–H and O–H groups in total. The van der Waals surface area contributed by atoms with Gasteiger partial charge in [-0.1, -0.05) is 62.8 Å². The van der Waals surface area contributed by atoms with Crippen molar-refractivity contribution in [3.8, 4) is 0 Å². The van der Waals surface area contributed by atoms with Gasteiger partial charge in [0.25, 0.3) is 0 Å². The molecule has 1 heteroatoms.